The molecule has 20 heavy (non-hydrogen) atoms. The molecule has 4 rings (SSSR count). The molecule has 3 aliphatic rings. The van der Waals surface area contributed by atoms with Gasteiger partial charge >= 0.3 is 0 Å². The molecule has 2 atom stereocenters. The van der Waals surface area contributed by atoms with Crippen molar-refractivity contribution in [3.05, 3.63) is 29.3 Å². The van der Waals surface area contributed by atoms with Gasteiger partial charge in [0.05, 0.1) is 0 Å². The van der Waals surface area contributed by atoms with Crippen LogP contribution >= 0.6 is 0 Å². The summed E-state index contributed by atoms with van der Waals surface area (Å²) >= 11 is 0. The van der Waals surface area contributed by atoms with Crippen molar-refractivity contribution in [2.24, 2.45) is 5.92 Å². The molecule has 108 valence electrons. The van der Waals surface area contributed by atoms with Crippen LogP contribution in [-0.4, -0.2) is 19.1 Å². The molecular formula is C18H26N2. The molecule has 2 heterocycles. The lowest BCUT2D eigenvalue weighted by Gasteiger charge is -2.46. The molecule has 1 aromatic carbocycles. The molecule has 2 nitrogen and oxygen atoms in total. The van der Waals surface area contributed by atoms with Gasteiger partial charge in [-0.05, 0) is 61.8 Å². The van der Waals surface area contributed by atoms with E-state index in [1.54, 1.807) is 11.3 Å². The van der Waals surface area contributed by atoms with E-state index in [1.807, 2.05) is 0 Å². The molecule has 0 unspecified atom stereocenters. The zero-order valence-electron chi connectivity index (χ0n) is 12.4. The van der Waals surface area contributed by atoms with Crippen LogP contribution in [0.5, 0.6) is 0 Å². The molecule has 1 saturated carbocycles. The lowest BCUT2D eigenvalue weighted by atomic mass is 9.78. The number of hydrogen-bond donors (Lipinski definition) is 1. The summed E-state index contributed by atoms with van der Waals surface area (Å²) in [5.41, 5.74) is 4.74. The number of anilines is 1. The molecule has 1 aliphatic carbocycles. The third-order valence-electron chi connectivity index (χ3n) is 5.67. The van der Waals surface area contributed by atoms with Crippen molar-refractivity contribution in [2.45, 2.75) is 57.5 Å². The van der Waals surface area contributed by atoms with Gasteiger partial charge in [-0.3, -0.25) is 0 Å². The van der Waals surface area contributed by atoms with E-state index < -0.39 is 0 Å². The van der Waals surface area contributed by atoms with Gasteiger partial charge in [-0.2, -0.15) is 0 Å². The van der Waals surface area contributed by atoms with E-state index in [0.717, 1.165) is 25.0 Å². The average molecular weight is 270 g/mol. The summed E-state index contributed by atoms with van der Waals surface area (Å²) in [6.45, 7) is 3.49. The van der Waals surface area contributed by atoms with Crippen LogP contribution in [0.4, 0.5) is 5.69 Å². The summed E-state index contributed by atoms with van der Waals surface area (Å²) in [6, 6.07) is 7.81. The zero-order chi connectivity index (χ0) is 13.4. The Morgan fingerprint density at radius 3 is 2.95 bits per heavy atom. The molecule has 2 fully saturated rings. The Morgan fingerprint density at radius 1 is 1.05 bits per heavy atom. The van der Waals surface area contributed by atoms with Crippen molar-refractivity contribution < 1.29 is 0 Å². The second-order valence-electron chi connectivity index (χ2n) is 6.79. The number of nitrogens with one attached hydrogen (secondary N) is 1. The van der Waals surface area contributed by atoms with E-state index in [0.29, 0.717) is 0 Å². The normalized spacial score (nSPS) is 29.7. The first-order valence-corrected chi connectivity index (χ1v) is 8.51. The Hall–Kier alpha value is -1.02. The summed E-state index contributed by atoms with van der Waals surface area (Å²) in [6.07, 6.45) is 9.87. The fraction of sp³-hybridized carbons (Fsp3) is 0.667. The van der Waals surface area contributed by atoms with Gasteiger partial charge in [0.1, 0.15) is 0 Å². The molecule has 0 amide bonds. The standard InChI is InChI=1S/C18H26N2/c1-2-8-17-14(5-1)7-4-12-20(17)18-9-3-6-15-13-19-11-10-16(15)18/h3,6,9,14,17,19H,1-2,4-5,7-8,10-13H2/t14-,17-/m1/s1. The Morgan fingerprint density at radius 2 is 1.95 bits per heavy atom. The fourth-order valence-electron chi connectivity index (χ4n) is 4.70. The highest BCUT2D eigenvalue weighted by atomic mass is 15.2. The van der Waals surface area contributed by atoms with Gasteiger partial charge in [-0.25, -0.2) is 0 Å². The van der Waals surface area contributed by atoms with E-state index >= 15 is 0 Å². The minimum atomic E-state index is 0.832. The van der Waals surface area contributed by atoms with Gasteiger partial charge in [-0.1, -0.05) is 25.0 Å². The highest BCUT2D eigenvalue weighted by molar-refractivity contribution is 5.58. The highest BCUT2D eigenvalue weighted by Crippen LogP contribution is 2.39. The van der Waals surface area contributed by atoms with Gasteiger partial charge in [-0.15, -0.1) is 0 Å². The number of nitrogens with zero attached hydrogens (tertiary/aromatic N) is 1. The zero-order valence-corrected chi connectivity index (χ0v) is 12.4. The van der Waals surface area contributed by atoms with Crippen LogP contribution < -0.4 is 10.2 Å². The minimum Gasteiger partial charge on any atom is -0.368 e. The Labute approximate surface area is 122 Å². The van der Waals surface area contributed by atoms with Crippen LogP contribution in [0.25, 0.3) is 0 Å². The van der Waals surface area contributed by atoms with Crippen LogP contribution in [0.15, 0.2) is 18.2 Å². The highest BCUT2D eigenvalue weighted by Gasteiger charge is 2.34. The molecule has 0 spiro atoms. The van der Waals surface area contributed by atoms with Crippen LogP contribution in [0.3, 0.4) is 0 Å². The van der Waals surface area contributed by atoms with Crippen LogP contribution in [0, 0.1) is 5.92 Å². The van der Waals surface area contributed by atoms with Crippen molar-refractivity contribution in [2.75, 3.05) is 18.0 Å². The SMILES string of the molecule is c1cc2c(c(N3CCC[C@H]4CCCC[C@H]43)c1)CCNC2. The summed E-state index contributed by atoms with van der Waals surface area (Å²) < 4.78 is 0. The van der Waals surface area contributed by atoms with Crippen LogP contribution in [-0.2, 0) is 13.0 Å². The summed E-state index contributed by atoms with van der Waals surface area (Å²) in [5, 5.41) is 3.51. The summed E-state index contributed by atoms with van der Waals surface area (Å²) in [5.74, 6) is 0.968. The molecular weight excluding hydrogens is 244 g/mol. The summed E-state index contributed by atoms with van der Waals surface area (Å²) in [7, 11) is 0. The van der Waals surface area contributed by atoms with Gasteiger partial charge in [0.15, 0.2) is 0 Å². The molecule has 2 heteroatoms. The lowest BCUT2D eigenvalue weighted by molar-refractivity contribution is 0.243. The molecule has 1 saturated heterocycles. The largest absolute Gasteiger partial charge is 0.368 e. The predicted molar refractivity (Wildman–Crippen MR) is 84.2 cm³/mol. The van der Waals surface area contributed by atoms with Crippen LogP contribution in [0.1, 0.15) is 49.7 Å². The maximum absolute atomic E-state index is 3.51. The van der Waals surface area contributed by atoms with Gasteiger partial charge < -0.3 is 10.2 Å². The monoisotopic (exact) mass is 270 g/mol. The van der Waals surface area contributed by atoms with Gasteiger partial charge in [0.2, 0.25) is 0 Å². The van der Waals surface area contributed by atoms with Crippen molar-refractivity contribution in [1.82, 2.24) is 5.32 Å². The third kappa shape index (κ3) is 2.14. The summed E-state index contributed by atoms with van der Waals surface area (Å²) in [4.78, 5) is 2.79. The van der Waals surface area contributed by atoms with Crippen LogP contribution in [0.2, 0.25) is 0 Å². The average Bonchev–Trinajstić information content (AvgIpc) is 2.54. The van der Waals surface area contributed by atoms with E-state index in [2.05, 4.69) is 28.4 Å². The van der Waals surface area contributed by atoms with Gasteiger partial charge in [0.25, 0.3) is 0 Å². The fourth-order valence-corrected chi connectivity index (χ4v) is 4.70. The third-order valence-corrected chi connectivity index (χ3v) is 5.67. The second-order valence-corrected chi connectivity index (χ2v) is 6.79. The number of hydrogen-bond acceptors (Lipinski definition) is 2. The number of piperidine rings is 1. The second kappa shape index (κ2) is 5.40. The molecule has 1 N–H and O–H groups in total. The minimum absolute atomic E-state index is 0.832. The van der Waals surface area contributed by atoms with E-state index in [4.69, 9.17) is 0 Å². The quantitative estimate of drug-likeness (QED) is 0.840. The molecule has 0 radical (unpaired) electrons. The maximum Gasteiger partial charge on any atom is 0.0405 e. The van der Waals surface area contributed by atoms with Gasteiger partial charge in [0, 0.05) is 24.8 Å². The first-order valence-electron chi connectivity index (χ1n) is 8.51. The molecule has 1 aromatic rings. The van der Waals surface area contributed by atoms with Crippen molar-refractivity contribution in [3.63, 3.8) is 0 Å². The van der Waals surface area contributed by atoms with Crippen molar-refractivity contribution in [3.8, 4) is 0 Å². The predicted octanol–water partition coefficient (Wildman–Crippen LogP) is 3.49. The first-order chi connectivity index (χ1) is 9.93. The van der Waals surface area contributed by atoms with Crippen molar-refractivity contribution in [1.29, 1.82) is 0 Å². The topological polar surface area (TPSA) is 15.3 Å². The smallest absolute Gasteiger partial charge is 0.0405 e. The number of fused-ring (bicyclic) bond motifs is 2. The number of rotatable bonds is 1. The Balaban J connectivity index is 1.69. The molecule has 0 bridgehead atoms. The van der Waals surface area contributed by atoms with Crippen molar-refractivity contribution >= 4 is 5.69 Å². The van der Waals surface area contributed by atoms with E-state index in [9.17, 15) is 0 Å². The maximum atomic E-state index is 3.51. The molecule has 2 aliphatic heterocycles. The lowest BCUT2D eigenvalue weighted by Crippen LogP contribution is -2.47. The number of benzene rings is 1. The Kier molecular flexibility index (Phi) is 3.43. The molecule has 0 aromatic heterocycles. The first kappa shape index (κ1) is 12.7. The van der Waals surface area contributed by atoms with E-state index in [-0.39, 0.29) is 0 Å². The van der Waals surface area contributed by atoms with E-state index in [1.165, 1.54) is 57.1 Å². The Bertz CT molecular complexity index is 480.